The molecular weight excluding hydrogens is 256 g/mol. The van der Waals surface area contributed by atoms with Crippen LogP contribution in [-0.4, -0.2) is 35.1 Å². The van der Waals surface area contributed by atoms with E-state index in [0.717, 1.165) is 6.42 Å². The third kappa shape index (κ3) is 5.14. The molecule has 20 heavy (non-hydrogen) atoms. The molecule has 5 heteroatoms. The molecule has 0 aromatic heterocycles. The molecule has 0 aliphatic carbocycles. The number of carboxylic acids is 1. The van der Waals surface area contributed by atoms with Crippen molar-refractivity contribution in [2.75, 3.05) is 18.4 Å². The van der Waals surface area contributed by atoms with Gasteiger partial charge in [-0.3, -0.25) is 4.79 Å². The highest BCUT2D eigenvalue weighted by molar-refractivity contribution is 5.89. The van der Waals surface area contributed by atoms with Crippen molar-refractivity contribution in [3.05, 3.63) is 42.5 Å². The standard InChI is InChI=1S/C15H20N2O3/c1-3-9-17(10-4-2)15(20)16-13-7-5-12(6-8-13)11-14(18)19/h3,5-8H,1,4,9-11H2,2H3,(H,16,20)(H,18,19). The van der Waals surface area contributed by atoms with Crippen LogP contribution in [0.25, 0.3) is 0 Å². The summed E-state index contributed by atoms with van der Waals surface area (Å²) in [6, 6.07) is 6.61. The maximum atomic E-state index is 12.0. The highest BCUT2D eigenvalue weighted by Crippen LogP contribution is 2.11. The third-order valence-corrected chi connectivity index (χ3v) is 2.69. The number of urea groups is 1. The summed E-state index contributed by atoms with van der Waals surface area (Å²) < 4.78 is 0. The van der Waals surface area contributed by atoms with E-state index in [1.165, 1.54) is 0 Å². The van der Waals surface area contributed by atoms with Crippen LogP contribution in [0.4, 0.5) is 10.5 Å². The zero-order valence-electron chi connectivity index (χ0n) is 11.6. The average molecular weight is 276 g/mol. The third-order valence-electron chi connectivity index (χ3n) is 2.69. The number of hydrogen-bond donors (Lipinski definition) is 2. The molecule has 1 aromatic rings. The highest BCUT2D eigenvalue weighted by Gasteiger charge is 2.11. The van der Waals surface area contributed by atoms with E-state index in [1.54, 1.807) is 35.2 Å². The maximum Gasteiger partial charge on any atom is 0.322 e. The molecule has 0 saturated carbocycles. The van der Waals surface area contributed by atoms with Crippen molar-refractivity contribution in [3.8, 4) is 0 Å². The SMILES string of the molecule is C=CCN(CCC)C(=O)Nc1ccc(CC(=O)O)cc1. The molecule has 0 spiro atoms. The molecule has 0 bridgehead atoms. The summed E-state index contributed by atoms with van der Waals surface area (Å²) in [6.45, 7) is 6.80. The van der Waals surface area contributed by atoms with Crippen molar-refractivity contribution < 1.29 is 14.7 Å². The number of amides is 2. The first-order valence-electron chi connectivity index (χ1n) is 6.54. The minimum Gasteiger partial charge on any atom is -0.481 e. The monoisotopic (exact) mass is 276 g/mol. The van der Waals surface area contributed by atoms with Gasteiger partial charge in [0.25, 0.3) is 0 Å². The van der Waals surface area contributed by atoms with Crippen molar-refractivity contribution in [2.45, 2.75) is 19.8 Å². The minimum absolute atomic E-state index is 0.0212. The van der Waals surface area contributed by atoms with Gasteiger partial charge in [0.15, 0.2) is 0 Å². The van der Waals surface area contributed by atoms with Gasteiger partial charge in [-0.15, -0.1) is 6.58 Å². The van der Waals surface area contributed by atoms with Gasteiger partial charge in [-0.05, 0) is 24.1 Å². The summed E-state index contributed by atoms with van der Waals surface area (Å²) in [4.78, 5) is 24.3. The summed E-state index contributed by atoms with van der Waals surface area (Å²) in [5.41, 5.74) is 1.35. The second-order valence-electron chi connectivity index (χ2n) is 4.43. The Morgan fingerprint density at radius 2 is 2.00 bits per heavy atom. The van der Waals surface area contributed by atoms with Crippen molar-refractivity contribution in [1.82, 2.24) is 4.90 Å². The fraction of sp³-hybridized carbons (Fsp3) is 0.333. The first kappa shape index (κ1) is 15.8. The van der Waals surface area contributed by atoms with Crippen molar-refractivity contribution in [2.24, 2.45) is 0 Å². The number of aliphatic carboxylic acids is 1. The first-order chi connectivity index (χ1) is 9.56. The second-order valence-corrected chi connectivity index (χ2v) is 4.43. The van der Waals surface area contributed by atoms with Crippen LogP contribution in [0.2, 0.25) is 0 Å². The quantitative estimate of drug-likeness (QED) is 0.752. The predicted molar refractivity (Wildman–Crippen MR) is 78.9 cm³/mol. The molecule has 0 aliphatic heterocycles. The Balaban J connectivity index is 2.64. The van der Waals surface area contributed by atoms with Crippen molar-refractivity contribution in [3.63, 3.8) is 0 Å². The van der Waals surface area contributed by atoms with E-state index >= 15 is 0 Å². The van der Waals surface area contributed by atoms with Gasteiger partial charge in [-0.25, -0.2) is 4.79 Å². The Labute approximate surface area is 118 Å². The largest absolute Gasteiger partial charge is 0.481 e. The zero-order valence-corrected chi connectivity index (χ0v) is 11.6. The van der Waals surface area contributed by atoms with E-state index < -0.39 is 5.97 Å². The molecule has 2 N–H and O–H groups in total. The van der Waals surface area contributed by atoms with E-state index in [2.05, 4.69) is 11.9 Å². The Hall–Kier alpha value is -2.30. The number of carboxylic acid groups (broad SMARTS) is 1. The minimum atomic E-state index is -0.873. The second kappa shape index (κ2) is 7.99. The molecular formula is C15H20N2O3. The lowest BCUT2D eigenvalue weighted by Gasteiger charge is -2.20. The molecule has 0 saturated heterocycles. The fourth-order valence-corrected chi connectivity index (χ4v) is 1.78. The number of rotatable bonds is 7. The Morgan fingerprint density at radius 1 is 1.35 bits per heavy atom. The van der Waals surface area contributed by atoms with Crippen LogP contribution in [0.3, 0.4) is 0 Å². The molecule has 0 aliphatic rings. The number of nitrogens with zero attached hydrogens (tertiary/aromatic N) is 1. The number of carbonyl (C=O) groups excluding carboxylic acids is 1. The molecule has 0 atom stereocenters. The molecule has 0 unspecified atom stereocenters. The van der Waals surface area contributed by atoms with Gasteiger partial charge >= 0.3 is 12.0 Å². The average Bonchev–Trinajstić information content (AvgIpc) is 2.40. The summed E-state index contributed by atoms with van der Waals surface area (Å²) in [7, 11) is 0. The normalized spacial score (nSPS) is 9.85. The van der Waals surface area contributed by atoms with Crippen molar-refractivity contribution >= 4 is 17.7 Å². The number of benzene rings is 1. The van der Waals surface area contributed by atoms with Gasteiger partial charge < -0.3 is 15.3 Å². The van der Waals surface area contributed by atoms with E-state index in [9.17, 15) is 9.59 Å². The van der Waals surface area contributed by atoms with E-state index in [0.29, 0.717) is 24.3 Å². The lowest BCUT2D eigenvalue weighted by molar-refractivity contribution is -0.136. The van der Waals surface area contributed by atoms with E-state index in [1.807, 2.05) is 6.92 Å². The van der Waals surface area contributed by atoms with Crippen LogP contribution in [0, 0.1) is 0 Å². The summed E-state index contributed by atoms with van der Waals surface area (Å²) in [5.74, 6) is -0.873. The van der Waals surface area contributed by atoms with Gasteiger partial charge in [0.1, 0.15) is 0 Å². The van der Waals surface area contributed by atoms with Crippen LogP contribution in [-0.2, 0) is 11.2 Å². The maximum absolute atomic E-state index is 12.0. The van der Waals surface area contributed by atoms with Crippen LogP contribution < -0.4 is 5.32 Å². The zero-order chi connectivity index (χ0) is 15.0. The number of anilines is 1. The molecule has 1 rings (SSSR count). The molecule has 5 nitrogen and oxygen atoms in total. The van der Waals surface area contributed by atoms with Gasteiger partial charge in [0.2, 0.25) is 0 Å². The highest BCUT2D eigenvalue weighted by atomic mass is 16.4. The topological polar surface area (TPSA) is 69.6 Å². The summed E-state index contributed by atoms with van der Waals surface area (Å²) in [5, 5.41) is 11.5. The number of carbonyl (C=O) groups is 2. The molecule has 108 valence electrons. The predicted octanol–water partition coefficient (Wildman–Crippen LogP) is 2.74. The van der Waals surface area contributed by atoms with E-state index in [4.69, 9.17) is 5.11 Å². The summed E-state index contributed by atoms with van der Waals surface area (Å²) >= 11 is 0. The van der Waals surface area contributed by atoms with Crippen LogP contribution >= 0.6 is 0 Å². The lowest BCUT2D eigenvalue weighted by Crippen LogP contribution is -2.35. The molecule has 0 radical (unpaired) electrons. The van der Waals surface area contributed by atoms with Gasteiger partial charge in [0.05, 0.1) is 6.42 Å². The van der Waals surface area contributed by atoms with Gasteiger partial charge in [-0.2, -0.15) is 0 Å². The Kier molecular flexibility index (Phi) is 6.29. The first-order valence-corrected chi connectivity index (χ1v) is 6.54. The van der Waals surface area contributed by atoms with Crippen LogP contribution in [0.5, 0.6) is 0 Å². The van der Waals surface area contributed by atoms with Crippen molar-refractivity contribution in [1.29, 1.82) is 0 Å². The Morgan fingerprint density at radius 3 is 2.50 bits per heavy atom. The molecule has 1 aromatic carbocycles. The van der Waals surface area contributed by atoms with Crippen LogP contribution in [0.1, 0.15) is 18.9 Å². The van der Waals surface area contributed by atoms with Crippen LogP contribution in [0.15, 0.2) is 36.9 Å². The summed E-state index contributed by atoms with van der Waals surface area (Å²) in [6.07, 6.45) is 2.54. The van der Waals surface area contributed by atoms with E-state index in [-0.39, 0.29) is 12.5 Å². The Bertz CT molecular complexity index is 469. The van der Waals surface area contributed by atoms with Gasteiger partial charge in [0, 0.05) is 18.8 Å². The lowest BCUT2D eigenvalue weighted by atomic mass is 10.1. The number of hydrogen-bond acceptors (Lipinski definition) is 2. The smallest absolute Gasteiger partial charge is 0.322 e. The number of nitrogens with one attached hydrogen (secondary N) is 1. The molecule has 2 amide bonds. The fourth-order valence-electron chi connectivity index (χ4n) is 1.78. The molecule has 0 fully saturated rings. The van der Waals surface area contributed by atoms with Gasteiger partial charge in [-0.1, -0.05) is 25.1 Å². The molecule has 0 heterocycles.